The third kappa shape index (κ3) is 6.32. The Bertz CT molecular complexity index is 272. The molecule has 1 N–H and O–H groups in total. The molecule has 96 valence electrons. The summed E-state index contributed by atoms with van der Waals surface area (Å²) in [5, 5.41) is 3.36. The van der Waals surface area contributed by atoms with Crippen molar-refractivity contribution in [3.8, 4) is 0 Å². The third-order valence-corrected chi connectivity index (χ3v) is 3.04. The quantitative estimate of drug-likeness (QED) is 0.660. The minimum atomic E-state index is 1.09. The van der Waals surface area contributed by atoms with E-state index in [2.05, 4.69) is 54.5 Å². The van der Waals surface area contributed by atoms with E-state index in [9.17, 15) is 0 Å². The summed E-state index contributed by atoms with van der Waals surface area (Å²) in [6, 6.07) is 10.6. The number of para-hydroxylation sites is 1. The Morgan fingerprint density at radius 3 is 2.41 bits per heavy atom. The van der Waals surface area contributed by atoms with Crippen LogP contribution in [-0.4, -0.2) is 26.7 Å². The largest absolute Gasteiger partial charge is 0.375 e. The predicted molar refractivity (Wildman–Crippen MR) is 76.7 cm³/mol. The van der Waals surface area contributed by atoms with E-state index in [0.29, 0.717) is 0 Å². The molecule has 0 unspecified atom stereocenters. The van der Waals surface area contributed by atoms with Gasteiger partial charge in [0.1, 0.15) is 0 Å². The molecule has 0 bridgehead atoms. The van der Waals surface area contributed by atoms with Gasteiger partial charge in [-0.25, -0.2) is 0 Å². The van der Waals surface area contributed by atoms with Crippen molar-refractivity contribution in [2.45, 2.75) is 32.6 Å². The number of hydrogen-bond donors (Lipinski definition) is 1. The van der Waals surface area contributed by atoms with Crippen LogP contribution in [0.1, 0.15) is 32.6 Å². The summed E-state index contributed by atoms with van der Waals surface area (Å²) in [7, 11) is 2.17. The molecular weight excluding hydrogens is 208 g/mol. The minimum absolute atomic E-state index is 1.09. The van der Waals surface area contributed by atoms with Crippen LogP contribution < -0.4 is 10.2 Å². The molecule has 0 saturated heterocycles. The lowest BCUT2D eigenvalue weighted by Crippen LogP contribution is -2.18. The fraction of sp³-hybridized carbons (Fsp3) is 0.600. The van der Waals surface area contributed by atoms with Crippen molar-refractivity contribution in [3.05, 3.63) is 30.3 Å². The lowest BCUT2D eigenvalue weighted by Gasteiger charge is -2.18. The summed E-state index contributed by atoms with van der Waals surface area (Å²) >= 11 is 0. The van der Waals surface area contributed by atoms with Gasteiger partial charge in [-0.05, 0) is 38.1 Å². The van der Waals surface area contributed by atoms with Crippen molar-refractivity contribution in [1.29, 1.82) is 0 Å². The fourth-order valence-corrected chi connectivity index (χ4v) is 1.94. The zero-order chi connectivity index (χ0) is 12.3. The number of hydrogen-bond acceptors (Lipinski definition) is 2. The molecule has 0 aliphatic carbocycles. The van der Waals surface area contributed by atoms with Crippen molar-refractivity contribution in [1.82, 2.24) is 5.32 Å². The summed E-state index contributed by atoms with van der Waals surface area (Å²) in [5.41, 5.74) is 1.32. The van der Waals surface area contributed by atoms with Crippen LogP contribution in [0.25, 0.3) is 0 Å². The smallest absolute Gasteiger partial charge is 0.0363 e. The Balaban J connectivity index is 2.03. The molecule has 0 aliphatic rings. The second-order valence-electron chi connectivity index (χ2n) is 4.52. The van der Waals surface area contributed by atoms with E-state index in [0.717, 1.165) is 13.1 Å². The van der Waals surface area contributed by atoms with E-state index < -0.39 is 0 Å². The van der Waals surface area contributed by atoms with Gasteiger partial charge in [0.2, 0.25) is 0 Å². The number of nitrogens with zero attached hydrogens (tertiary/aromatic N) is 1. The van der Waals surface area contributed by atoms with E-state index in [1.165, 1.54) is 37.9 Å². The predicted octanol–water partition coefficient (Wildman–Crippen LogP) is 3.29. The average Bonchev–Trinajstić information content (AvgIpc) is 2.38. The van der Waals surface area contributed by atoms with E-state index >= 15 is 0 Å². The molecule has 0 aromatic heterocycles. The van der Waals surface area contributed by atoms with Crippen LogP contribution in [0.4, 0.5) is 5.69 Å². The maximum Gasteiger partial charge on any atom is 0.0363 e. The molecule has 1 rings (SSSR count). The average molecular weight is 234 g/mol. The highest BCUT2D eigenvalue weighted by Gasteiger charge is 1.98. The SMILES string of the molecule is CCNCCCCCCN(C)c1ccccc1. The van der Waals surface area contributed by atoms with Gasteiger partial charge in [0.05, 0.1) is 0 Å². The first-order valence-electron chi connectivity index (χ1n) is 6.81. The van der Waals surface area contributed by atoms with E-state index in [4.69, 9.17) is 0 Å². The lowest BCUT2D eigenvalue weighted by molar-refractivity contribution is 0.597. The number of unbranched alkanes of at least 4 members (excludes halogenated alkanes) is 3. The minimum Gasteiger partial charge on any atom is -0.375 e. The fourth-order valence-electron chi connectivity index (χ4n) is 1.94. The topological polar surface area (TPSA) is 15.3 Å². The Kier molecular flexibility index (Phi) is 7.48. The van der Waals surface area contributed by atoms with Gasteiger partial charge < -0.3 is 10.2 Å². The Morgan fingerprint density at radius 1 is 1.00 bits per heavy atom. The van der Waals surface area contributed by atoms with Crippen molar-refractivity contribution in [2.75, 3.05) is 31.6 Å². The molecule has 1 aromatic carbocycles. The van der Waals surface area contributed by atoms with Crippen LogP contribution in [0.2, 0.25) is 0 Å². The number of benzene rings is 1. The zero-order valence-electron chi connectivity index (χ0n) is 11.3. The second kappa shape index (κ2) is 9.06. The molecule has 17 heavy (non-hydrogen) atoms. The molecule has 0 radical (unpaired) electrons. The van der Waals surface area contributed by atoms with Gasteiger partial charge >= 0.3 is 0 Å². The Labute approximate surface area is 106 Å². The van der Waals surface area contributed by atoms with Crippen molar-refractivity contribution >= 4 is 5.69 Å². The summed E-state index contributed by atoms with van der Waals surface area (Å²) < 4.78 is 0. The summed E-state index contributed by atoms with van der Waals surface area (Å²) in [4.78, 5) is 2.34. The Hall–Kier alpha value is -1.02. The van der Waals surface area contributed by atoms with Crippen LogP contribution in [0.5, 0.6) is 0 Å². The van der Waals surface area contributed by atoms with Gasteiger partial charge in [0, 0.05) is 19.3 Å². The number of nitrogens with one attached hydrogen (secondary N) is 1. The maximum atomic E-state index is 3.36. The first kappa shape index (κ1) is 14.0. The van der Waals surface area contributed by atoms with E-state index in [1.807, 2.05) is 0 Å². The first-order valence-corrected chi connectivity index (χ1v) is 6.81. The van der Waals surface area contributed by atoms with Crippen molar-refractivity contribution in [3.63, 3.8) is 0 Å². The molecule has 2 heteroatoms. The van der Waals surface area contributed by atoms with Gasteiger partial charge in [-0.3, -0.25) is 0 Å². The van der Waals surface area contributed by atoms with Crippen molar-refractivity contribution in [2.24, 2.45) is 0 Å². The van der Waals surface area contributed by atoms with E-state index in [1.54, 1.807) is 0 Å². The van der Waals surface area contributed by atoms with Crippen molar-refractivity contribution < 1.29 is 0 Å². The van der Waals surface area contributed by atoms with Crippen LogP contribution in [0.15, 0.2) is 30.3 Å². The zero-order valence-corrected chi connectivity index (χ0v) is 11.3. The summed E-state index contributed by atoms with van der Waals surface area (Å²) in [5.74, 6) is 0. The highest BCUT2D eigenvalue weighted by atomic mass is 15.1. The van der Waals surface area contributed by atoms with Gasteiger partial charge in [0.15, 0.2) is 0 Å². The van der Waals surface area contributed by atoms with Gasteiger partial charge in [-0.1, -0.05) is 38.0 Å². The standard InChI is InChI=1S/C15H26N2/c1-3-16-13-9-4-5-10-14-17(2)15-11-7-6-8-12-15/h6-8,11-12,16H,3-5,9-10,13-14H2,1-2H3. The second-order valence-corrected chi connectivity index (χ2v) is 4.52. The van der Waals surface area contributed by atoms with Gasteiger partial charge in [-0.15, -0.1) is 0 Å². The molecule has 0 heterocycles. The third-order valence-electron chi connectivity index (χ3n) is 3.04. The van der Waals surface area contributed by atoms with Crippen LogP contribution in [-0.2, 0) is 0 Å². The van der Waals surface area contributed by atoms with Crippen LogP contribution >= 0.6 is 0 Å². The number of rotatable bonds is 9. The molecule has 1 aromatic rings. The highest BCUT2D eigenvalue weighted by Crippen LogP contribution is 2.12. The molecule has 2 nitrogen and oxygen atoms in total. The molecular formula is C15H26N2. The highest BCUT2D eigenvalue weighted by molar-refractivity contribution is 5.44. The molecule has 0 fully saturated rings. The molecule has 0 amide bonds. The summed E-state index contributed by atoms with van der Waals surface area (Å²) in [6.07, 6.45) is 5.28. The lowest BCUT2D eigenvalue weighted by atomic mass is 10.2. The van der Waals surface area contributed by atoms with Crippen LogP contribution in [0, 0.1) is 0 Å². The number of anilines is 1. The van der Waals surface area contributed by atoms with E-state index in [-0.39, 0.29) is 0 Å². The molecule has 0 atom stereocenters. The normalized spacial score (nSPS) is 10.5. The monoisotopic (exact) mass is 234 g/mol. The first-order chi connectivity index (χ1) is 8.34. The van der Waals surface area contributed by atoms with Crippen LogP contribution in [0.3, 0.4) is 0 Å². The maximum absolute atomic E-state index is 3.36. The Morgan fingerprint density at radius 2 is 1.71 bits per heavy atom. The van der Waals surface area contributed by atoms with Gasteiger partial charge in [0.25, 0.3) is 0 Å². The summed E-state index contributed by atoms with van der Waals surface area (Å²) in [6.45, 7) is 5.59. The van der Waals surface area contributed by atoms with Gasteiger partial charge in [-0.2, -0.15) is 0 Å². The molecule has 0 saturated carbocycles. The molecule has 0 aliphatic heterocycles. The molecule has 0 spiro atoms.